The molecule has 0 aliphatic carbocycles. The van der Waals surface area contributed by atoms with E-state index < -0.39 is 0 Å². The summed E-state index contributed by atoms with van der Waals surface area (Å²) in [7, 11) is 1.62. The average Bonchev–Trinajstić information content (AvgIpc) is 2.21. The molecule has 0 aliphatic rings. The Morgan fingerprint density at radius 2 is 2.07 bits per heavy atom. The second-order valence-corrected chi connectivity index (χ2v) is 2.96. The molecule has 1 rings (SSSR count). The van der Waals surface area contributed by atoms with Crippen LogP contribution < -0.4 is 5.73 Å². The van der Waals surface area contributed by atoms with E-state index in [4.69, 9.17) is 15.6 Å². The van der Waals surface area contributed by atoms with Crippen molar-refractivity contribution in [3.8, 4) is 0 Å². The van der Waals surface area contributed by atoms with Crippen molar-refractivity contribution in [1.82, 2.24) is 0 Å². The summed E-state index contributed by atoms with van der Waals surface area (Å²) in [4.78, 5) is 0. The highest BCUT2D eigenvalue weighted by Gasteiger charge is 1.98. The summed E-state index contributed by atoms with van der Waals surface area (Å²) >= 11 is 0. The number of hydrogen-bond donors (Lipinski definition) is 2. The molecule has 0 saturated carbocycles. The Hall–Kier alpha value is -1.32. The summed E-state index contributed by atoms with van der Waals surface area (Å²) in [6.07, 6.45) is 1.85. The van der Waals surface area contributed by atoms with Gasteiger partial charge < -0.3 is 15.6 Å². The van der Waals surface area contributed by atoms with E-state index in [1.165, 1.54) is 0 Å². The molecule has 0 atom stereocenters. The van der Waals surface area contributed by atoms with Gasteiger partial charge in [-0.25, -0.2) is 0 Å². The van der Waals surface area contributed by atoms with Crippen LogP contribution in [0.4, 0.5) is 5.69 Å². The fourth-order valence-corrected chi connectivity index (χ4v) is 1.15. The molecule has 3 nitrogen and oxygen atoms in total. The molecule has 0 saturated heterocycles. The van der Waals surface area contributed by atoms with E-state index in [9.17, 15) is 0 Å². The van der Waals surface area contributed by atoms with Crippen LogP contribution in [0, 0.1) is 0 Å². The van der Waals surface area contributed by atoms with E-state index in [0.29, 0.717) is 6.61 Å². The van der Waals surface area contributed by atoms with Crippen molar-refractivity contribution >= 4 is 11.3 Å². The number of anilines is 1. The van der Waals surface area contributed by atoms with Gasteiger partial charge in [0, 0.05) is 12.8 Å². The SMILES string of the molecule is COC/C=C(\CO)c1ccc(N)cc1. The molecular weight excluding hydrogens is 178 g/mol. The first-order valence-corrected chi connectivity index (χ1v) is 4.42. The van der Waals surface area contributed by atoms with Crippen molar-refractivity contribution in [2.24, 2.45) is 0 Å². The lowest BCUT2D eigenvalue weighted by Gasteiger charge is -2.04. The summed E-state index contributed by atoms with van der Waals surface area (Å²) in [5.41, 5.74) is 8.11. The lowest BCUT2D eigenvalue weighted by molar-refractivity contribution is 0.233. The molecule has 0 radical (unpaired) electrons. The van der Waals surface area contributed by atoms with Gasteiger partial charge in [0.05, 0.1) is 13.2 Å². The quantitative estimate of drug-likeness (QED) is 0.708. The predicted octanol–water partition coefficient (Wildman–Crippen LogP) is 1.29. The Morgan fingerprint density at radius 3 is 2.57 bits per heavy atom. The fraction of sp³-hybridized carbons (Fsp3) is 0.273. The van der Waals surface area contributed by atoms with Gasteiger partial charge in [0.15, 0.2) is 0 Å². The van der Waals surface area contributed by atoms with Crippen molar-refractivity contribution in [2.75, 3.05) is 26.1 Å². The van der Waals surface area contributed by atoms with E-state index >= 15 is 0 Å². The van der Waals surface area contributed by atoms with Gasteiger partial charge in [-0.2, -0.15) is 0 Å². The van der Waals surface area contributed by atoms with Crippen molar-refractivity contribution in [3.63, 3.8) is 0 Å². The first kappa shape index (κ1) is 10.8. The molecular formula is C11H15NO2. The Kier molecular flexibility index (Phi) is 4.16. The van der Waals surface area contributed by atoms with Crippen LogP contribution in [0.25, 0.3) is 5.57 Å². The standard InChI is InChI=1S/C11H15NO2/c1-14-7-6-10(8-13)9-2-4-11(12)5-3-9/h2-6,13H,7-8,12H2,1H3/b10-6+. The van der Waals surface area contributed by atoms with Crippen LogP contribution in [0.2, 0.25) is 0 Å². The Morgan fingerprint density at radius 1 is 1.43 bits per heavy atom. The Labute approximate surface area is 83.8 Å². The molecule has 0 bridgehead atoms. The smallest absolute Gasteiger partial charge is 0.0685 e. The molecule has 3 N–H and O–H groups in total. The topological polar surface area (TPSA) is 55.5 Å². The molecule has 0 spiro atoms. The third-order valence-corrected chi connectivity index (χ3v) is 1.95. The zero-order valence-electron chi connectivity index (χ0n) is 8.23. The number of nitrogens with two attached hydrogens (primary N) is 1. The van der Waals surface area contributed by atoms with Crippen molar-refractivity contribution in [1.29, 1.82) is 0 Å². The minimum Gasteiger partial charge on any atom is -0.399 e. The molecule has 0 heterocycles. The maximum atomic E-state index is 9.12. The number of rotatable bonds is 4. The molecule has 0 amide bonds. The maximum absolute atomic E-state index is 9.12. The van der Waals surface area contributed by atoms with Crippen LogP contribution in [-0.2, 0) is 4.74 Å². The number of aliphatic hydroxyl groups is 1. The van der Waals surface area contributed by atoms with Gasteiger partial charge in [-0.3, -0.25) is 0 Å². The third kappa shape index (κ3) is 2.87. The van der Waals surface area contributed by atoms with Gasteiger partial charge in [-0.15, -0.1) is 0 Å². The third-order valence-electron chi connectivity index (χ3n) is 1.95. The number of methoxy groups -OCH3 is 1. The van der Waals surface area contributed by atoms with E-state index in [0.717, 1.165) is 16.8 Å². The van der Waals surface area contributed by atoms with Crippen LogP contribution in [0.1, 0.15) is 5.56 Å². The molecule has 1 aromatic carbocycles. The van der Waals surface area contributed by atoms with Gasteiger partial charge in [-0.1, -0.05) is 18.2 Å². The zero-order valence-corrected chi connectivity index (χ0v) is 8.23. The first-order chi connectivity index (χ1) is 6.77. The van der Waals surface area contributed by atoms with Crippen LogP contribution in [0.15, 0.2) is 30.3 Å². The van der Waals surface area contributed by atoms with E-state index in [2.05, 4.69) is 0 Å². The zero-order chi connectivity index (χ0) is 10.4. The normalized spacial score (nSPS) is 11.7. The fourth-order valence-electron chi connectivity index (χ4n) is 1.15. The molecule has 0 unspecified atom stereocenters. The lowest BCUT2D eigenvalue weighted by Crippen LogP contribution is -1.94. The molecule has 3 heteroatoms. The molecule has 0 aliphatic heterocycles. The van der Waals surface area contributed by atoms with Crippen molar-refractivity contribution < 1.29 is 9.84 Å². The van der Waals surface area contributed by atoms with Crippen LogP contribution in [0.3, 0.4) is 0 Å². The van der Waals surface area contributed by atoms with Gasteiger partial charge in [0.2, 0.25) is 0 Å². The molecule has 0 fully saturated rings. The minimum atomic E-state index is 0.00722. The first-order valence-electron chi connectivity index (χ1n) is 4.42. The van der Waals surface area contributed by atoms with E-state index in [-0.39, 0.29) is 6.61 Å². The highest BCUT2D eigenvalue weighted by atomic mass is 16.5. The predicted molar refractivity (Wildman–Crippen MR) is 57.8 cm³/mol. The Bertz CT molecular complexity index is 304. The van der Waals surface area contributed by atoms with Gasteiger partial charge >= 0.3 is 0 Å². The largest absolute Gasteiger partial charge is 0.399 e. The molecule has 76 valence electrons. The molecule has 1 aromatic rings. The van der Waals surface area contributed by atoms with Gasteiger partial charge in [0.25, 0.3) is 0 Å². The molecule has 14 heavy (non-hydrogen) atoms. The van der Waals surface area contributed by atoms with Crippen molar-refractivity contribution in [2.45, 2.75) is 0 Å². The maximum Gasteiger partial charge on any atom is 0.0685 e. The average molecular weight is 193 g/mol. The summed E-state index contributed by atoms with van der Waals surface area (Å²) < 4.78 is 4.91. The second-order valence-electron chi connectivity index (χ2n) is 2.96. The minimum absolute atomic E-state index is 0.00722. The number of nitrogen functional groups attached to an aromatic ring is 1. The summed E-state index contributed by atoms with van der Waals surface area (Å²) in [5, 5.41) is 9.12. The number of benzene rings is 1. The van der Waals surface area contributed by atoms with Crippen molar-refractivity contribution in [3.05, 3.63) is 35.9 Å². The summed E-state index contributed by atoms with van der Waals surface area (Å²) in [5.74, 6) is 0. The highest BCUT2D eigenvalue weighted by Crippen LogP contribution is 2.15. The number of aliphatic hydroxyl groups excluding tert-OH is 1. The van der Waals surface area contributed by atoms with E-state index in [1.807, 2.05) is 30.3 Å². The monoisotopic (exact) mass is 193 g/mol. The number of ether oxygens (including phenoxy) is 1. The second kappa shape index (κ2) is 5.42. The summed E-state index contributed by atoms with van der Waals surface area (Å²) in [6.45, 7) is 0.507. The van der Waals surface area contributed by atoms with Crippen LogP contribution in [-0.4, -0.2) is 25.4 Å². The van der Waals surface area contributed by atoms with Gasteiger partial charge in [-0.05, 0) is 23.3 Å². The lowest BCUT2D eigenvalue weighted by atomic mass is 10.1. The Balaban J connectivity index is 2.84. The van der Waals surface area contributed by atoms with Crippen LogP contribution >= 0.6 is 0 Å². The molecule has 0 aromatic heterocycles. The highest BCUT2D eigenvalue weighted by molar-refractivity contribution is 5.67. The van der Waals surface area contributed by atoms with E-state index in [1.54, 1.807) is 7.11 Å². The van der Waals surface area contributed by atoms with Gasteiger partial charge in [0.1, 0.15) is 0 Å². The van der Waals surface area contributed by atoms with Crippen LogP contribution in [0.5, 0.6) is 0 Å². The number of hydrogen-bond acceptors (Lipinski definition) is 3. The summed E-state index contributed by atoms with van der Waals surface area (Å²) in [6, 6.07) is 7.39.